The van der Waals surface area contributed by atoms with Gasteiger partial charge in [0.2, 0.25) is 5.91 Å². The van der Waals surface area contributed by atoms with Gasteiger partial charge in [0.25, 0.3) is 0 Å². The van der Waals surface area contributed by atoms with Crippen molar-refractivity contribution >= 4 is 12.0 Å². The van der Waals surface area contributed by atoms with Crippen LogP contribution in [0.4, 0.5) is 18.0 Å². The fraction of sp³-hybridized carbons (Fsp3) is 0.316. The monoisotopic (exact) mass is 393 g/mol. The fourth-order valence-electron chi connectivity index (χ4n) is 2.82. The first-order valence-corrected chi connectivity index (χ1v) is 8.62. The van der Waals surface area contributed by atoms with Gasteiger partial charge in [0.05, 0.1) is 12.1 Å². The Labute approximate surface area is 159 Å². The summed E-state index contributed by atoms with van der Waals surface area (Å²) in [6.45, 7) is 0.221. The van der Waals surface area contributed by atoms with Crippen LogP contribution in [0.3, 0.4) is 0 Å². The predicted octanol–water partition coefficient (Wildman–Crippen LogP) is 2.78. The number of cyclic esters (lactones) is 1. The average Bonchev–Trinajstić information content (AvgIpc) is 3.03. The molecule has 1 aromatic heterocycles. The Morgan fingerprint density at radius 3 is 2.61 bits per heavy atom. The molecule has 0 spiro atoms. The van der Waals surface area contributed by atoms with Crippen molar-refractivity contribution in [3.8, 4) is 0 Å². The Morgan fingerprint density at radius 1 is 1.21 bits per heavy atom. The van der Waals surface area contributed by atoms with Crippen LogP contribution in [0.15, 0.2) is 48.7 Å². The SMILES string of the molecule is O=C(NCCc1ccccn1)[C@@H]1COC(=O)N1Cc1ccc(C(F)(F)F)cc1. The van der Waals surface area contributed by atoms with E-state index in [1.54, 1.807) is 12.3 Å². The lowest BCUT2D eigenvalue weighted by Crippen LogP contribution is -2.45. The van der Waals surface area contributed by atoms with Gasteiger partial charge in [-0.3, -0.25) is 14.7 Å². The molecule has 0 aliphatic carbocycles. The zero-order valence-corrected chi connectivity index (χ0v) is 14.8. The normalized spacial score (nSPS) is 16.8. The lowest BCUT2D eigenvalue weighted by molar-refractivity contribution is -0.137. The number of nitrogens with zero attached hydrogens (tertiary/aromatic N) is 2. The van der Waals surface area contributed by atoms with E-state index >= 15 is 0 Å². The van der Waals surface area contributed by atoms with E-state index in [2.05, 4.69) is 10.3 Å². The third-order valence-electron chi connectivity index (χ3n) is 4.32. The van der Waals surface area contributed by atoms with E-state index in [-0.39, 0.29) is 19.1 Å². The summed E-state index contributed by atoms with van der Waals surface area (Å²) in [6, 6.07) is 9.10. The van der Waals surface area contributed by atoms with Crippen LogP contribution in [0, 0.1) is 0 Å². The Morgan fingerprint density at radius 2 is 1.96 bits per heavy atom. The fourth-order valence-corrected chi connectivity index (χ4v) is 2.82. The van der Waals surface area contributed by atoms with Gasteiger partial charge in [0.15, 0.2) is 0 Å². The topological polar surface area (TPSA) is 71.5 Å². The minimum atomic E-state index is -4.43. The molecule has 2 amide bonds. The highest BCUT2D eigenvalue weighted by atomic mass is 19.4. The van der Waals surface area contributed by atoms with Gasteiger partial charge in [0.1, 0.15) is 12.6 Å². The number of halogens is 3. The summed E-state index contributed by atoms with van der Waals surface area (Å²) in [6.07, 6.45) is -2.91. The van der Waals surface area contributed by atoms with Gasteiger partial charge >= 0.3 is 12.3 Å². The number of benzene rings is 1. The number of amides is 2. The molecule has 28 heavy (non-hydrogen) atoms. The first kappa shape index (κ1) is 19.7. The van der Waals surface area contributed by atoms with Gasteiger partial charge in [-0.05, 0) is 29.8 Å². The van der Waals surface area contributed by atoms with Gasteiger partial charge in [-0.25, -0.2) is 4.79 Å². The molecule has 0 unspecified atom stereocenters. The van der Waals surface area contributed by atoms with Gasteiger partial charge in [-0.15, -0.1) is 0 Å². The highest BCUT2D eigenvalue weighted by Crippen LogP contribution is 2.29. The lowest BCUT2D eigenvalue weighted by atomic mass is 10.1. The number of alkyl halides is 3. The number of carbonyl (C=O) groups excluding carboxylic acids is 2. The van der Waals surface area contributed by atoms with Gasteiger partial charge in [-0.2, -0.15) is 13.2 Å². The highest BCUT2D eigenvalue weighted by Gasteiger charge is 2.38. The molecule has 1 aliphatic rings. The molecule has 6 nitrogen and oxygen atoms in total. The summed E-state index contributed by atoms with van der Waals surface area (Å²) in [7, 11) is 0. The van der Waals surface area contributed by atoms with Crippen LogP contribution < -0.4 is 5.32 Å². The van der Waals surface area contributed by atoms with Crippen LogP contribution in [0.5, 0.6) is 0 Å². The molecule has 1 aromatic carbocycles. The second-order valence-electron chi connectivity index (χ2n) is 6.28. The Balaban J connectivity index is 1.58. The third kappa shape index (κ3) is 4.79. The average molecular weight is 393 g/mol. The molecule has 2 heterocycles. The van der Waals surface area contributed by atoms with Crippen molar-refractivity contribution in [2.75, 3.05) is 13.2 Å². The van der Waals surface area contributed by atoms with E-state index in [0.29, 0.717) is 18.5 Å². The highest BCUT2D eigenvalue weighted by molar-refractivity contribution is 5.87. The van der Waals surface area contributed by atoms with Gasteiger partial charge in [0, 0.05) is 24.9 Å². The second kappa shape index (κ2) is 8.28. The molecule has 148 valence electrons. The van der Waals surface area contributed by atoms with Crippen molar-refractivity contribution in [3.05, 3.63) is 65.5 Å². The minimum Gasteiger partial charge on any atom is -0.447 e. The van der Waals surface area contributed by atoms with E-state index in [1.807, 2.05) is 12.1 Å². The van der Waals surface area contributed by atoms with Crippen molar-refractivity contribution < 1.29 is 27.5 Å². The van der Waals surface area contributed by atoms with Crippen molar-refractivity contribution in [1.82, 2.24) is 15.2 Å². The summed E-state index contributed by atoms with van der Waals surface area (Å²) < 4.78 is 42.9. The third-order valence-corrected chi connectivity index (χ3v) is 4.32. The summed E-state index contributed by atoms with van der Waals surface area (Å²) >= 11 is 0. The van der Waals surface area contributed by atoms with E-state index in [4.69, 9.17) is 4.74 Å². The molecular weight excluding hydrogens is 375 g/mol. The molecule has 0 radical (unpaired) electrons. The first-order valence-electron chi connectivity index (χ1n) is 8.62. The number of aromatic nitrogens is 1. The molecular formula is C19H18F3N3O3. The van der Waals surface area contributed by atoms with E-state index < -0.39 is 23.9 Å². The quantitative estimate of drug-likeness (QED) is 0.819. The predicted molar refractivity (Wildman–Crippen MR) is 93.1 cm³/mol. The number of nitrogens with one attached hydrogen (secondary N) is 1. The van der Waals surface area contributed by atoms with Crippen molar-refractivity contribution in [2.45, 2.75) is 25.2 Å². The largest absolute Gasteiger partial charge is 0.447 e. The van der Waals surface area contributed by atoms with Gasteiger partial charge in [-0.1, -0.05) is 18.2 Å². The van der Waals surface area contributed by atoms with E-state index in [1.165, 1.54) is 17.0 Å². The molecule has 0 saturated carbocycles. The Hall–Kier alpha value is -3.10. The smallest absolute Gasteiger partial charge is 0.416 e. The van der Waals surface area contributed by atoms with Crippen LogP contribution >= 0.6 is 0 Å². The van der Waals surface area contributed by atoms with E-state index in [0.717, 1.165) is 17.8 Å². The molecule has 3 rings (SSSR count). The second-order valence-corrected chi connectivity index (χ2v) is 6.28. The maximum Gasteiger partial charge on any atom is 0.416 e. The van der Waals surface area contributed by atoms with Crippen LogP contribution in [0.1, 0.15) is 16.8 Å². The van der Waals surface area contributed by atoms with Crippen molar-refractivity contribution in [1.29, 1.82) is 0 Å². The number of ether oxygens (including phenoxy) is 1. The molecule has 1 atom stereocenters. The van der Waals surface area contributed by atoms with Crippen LogP contribution in [0.2, 0.25) is 0 Å². The van der Waals surface area contributed by atoms with Gasteiger partial charge < -0.3 is 10.1 Å². The minimum absolute atomic E-state index is 0.0186. The number of hydrogen-bond donors (Lipinski definition) is 1. The van der Waals surface area contributed by atoms with Crippen LogP contribution in [-0.4, -0.2) is 41.1 Å². The zero-order chi connectivity index (χ0) is 20.1. The summed E-state index contributed by atoms with van der Waals surface area (Å²) in [5.41, 5.74) is 0.519. The molecule has 1 fully saturated rings. The molecule has 0 bridgehead atoms. The van der Waals surface area contributed by atoms with Crippen LogP contribution in [0.25, 0.3) is 0 Å². The number of hydrogen-bond acceptors (Lipinski definition) is 4. The number of rotatable bonds is 6. The maximum atomic E-state index is 12.7. The van der Waals surface area contributed by atoms with E-state index in [9.17, 15) is 22.8 Å². The Kier molecular flexibility index (Phi) is 5.81. The Bertz CT molecular complexity index is 826. The zero-order valence-electron chi connectivity index (χ0n) is 14.8. The lowest BCUT2D eigenvalue weighted by Gasteiger charge is -2.21. The van der Waals surface area contributed by atoms with Crippen LogP contribution in [-0.2, 0) is 28.7 Å². The van der Waals surface area contributed by atoms with Crippen molar-refractivity contribution in [3.63, 3.8) is 0 Å². The maximum absolute atomic E-state index is 12.7. The first-order chi connectivity index (χ1) is 13.3. The number of pyridine rings is 1. The number of carbonyl (C=O) groups is 2. The van der Waals surface area contributed by atoms with Crippen molar-refractivity contribution in [2.24, 2.45) is 0 Å². The molecule has 2 aromatic rings. The molecule has 1 saturated heterocycles. The summed E-state index contributed by atoms with van der Waals surface area (Å²) in [5, 5.41) is 2.74. The molecule has 1 N–H and O–H groups in total. The summed E-state index contributed by atoms with van der Waals surface area (Å²) in [4.78, 5) is 29.7. The standard InChI is InChI=1S/C19H18F3N3O3/c20-19(21,22)14-6-4-13(5-7-14)11-25-16(12-28-18(25)27)17(26)24-10-8-15-3-1-2-9-23-15/h1-7,9,16H,8,10-12H2,(H,24,26)/t16-/m0/s1. The molecule has 1 aliphatic heterocycles. The molecule has 9 heteroatoms. The summed E-state index contributed by atoms with van der Waals surface area (Å²) in [5.74, 6) is -0.381.